The van der Waals surface area contributed by atoms with Crippen molar-refractivity contribution < 1.29 is 23.8 Å². The normalized spacial score (nSPS) is 15.6. The third-order valence-corrected chi connectivity index (χ3v) is 4.55. The van der Waals surface area contributed by atoms with Gasteiger partial charge in [0.2, 0.25) is 0 Å². The third-order valence-electron chi connectivity index (χ3n) is 4.32. The van der Waals surface area contributed by atoms with Gasteiger partial charge in [-0.25, -0.2) is 0 Å². The van der Waals surface area contributed by atoms with E-state index in [1.165, 1.54) is 14.0 Å². The summed E-state index contributed by atoms with van der Waals surface area (Å²) in [5.74, 6) is 0.498. The van der Waals surface area contributed by atoms with Crippen LogP contribution in [-0.2, 0) is 22.6 Å². The maximum Gasteiger partial charge on any atom is 0.313 e. The Labute approximate surface area is 156 Å². The van der Waals surface area contributed by atoms with Gasteiger partial charge in [-0.1, -0.05) is 11.6 Å². The monoisotopic (exact) mass is 374 g/mol. The molecule has 0 N–H and O–H groups in total. The van der Waals surface area contributed by atoms with Crippen LogP contribution in [0.25, 0.3) is 0 Å². The van der Waals surface area contributed by atoms with Crippen LogP contribution in [0.1, 0.15) is 28.4 Å². The minimum absolute atomic E-state index is 0.0298. The summed E-state index contributed by atoms with van der Waals surface area (Å²) in [4.78, 5) is 24.0. The van der Waals surface area contributed by atoms with Gasteiger partial charge in [-0.15, -0.1) is 0 Å². The lowest BCUT2D eigenvalue weighted by atomic mass is 9.97. The summed E-state index contributed by atoms with van der Waals surface area (Å²) >= 11 is 6.01. The molecule has 2 aromatic rings. The lowest BCUT2D eigenvalue weighted by molar-refractivity contribution is -0.151. The molecule has 5 nitrogen and oxygen atoms in total. The highest BCUT2D eigenvalue weighted by Crippen LogP contribution is 2.30. The SMILES string of the molecule is COc1ccc(C(C)=O)cc1COC(=O)[C@@H]1COc2ccc(Cl)cc2C1. The number of Topliss-reactive ketones (excluding diaryl/α,β-unsaturated/α-hetero) is 1. The topological polar surface area (TPSA) is 61.8 Å². The van der Waals surface area contributed by atoms with Gasteiger partial charge in [0.15, 0.2) is 5.78 Å². The number of halogens is 1. The summed E-state index contributed by atoms with van der Waals surface area (Å²) in [5.41, 5.74) is 2.08. The van der Waals surface area contributed by atoms with Gasteiger partial charge in [0, 0.05) is 16.1 Å². The minimum Gasteiger partial charge on any atom is -0.496 e. The number of carbonyl (C=O) groups is 2. The molecule has 0 aromatic heterocycles. The van der Waals surface area contributed by atoms with Crippen LogP contribution in [0, 0.1) is 5.92 Å². The summed E-state index contributed by atoms with van der Waals surface area (Å²) in [5, 5.41) is 0.604. The van der Waals surface area contributed by atoms with Crippen molar-refractivity contribution in [2.24, 2.45) is 5.92 Å². The van der Waals surface area contributed by atoms with E-state index in [-0.39, 0.29) is 25.0 Å². The van der Waals surface area contributed by atoms with Gasteiger partial charge in [0.25, 0.3) is 0 Å². The van der Waals surface area contributed by atoms with Crippen molar-refractivity contribution in [1.82, 2.24) is 0 Å². The molecule has 1 aliphatic rings. The van der Waals surface area contributed by atoms with Crippen LogP contribution in [-0.4, -0.2) is 25.5 Å². The summed E-state index contributed by atoms with van der Waals surface area (Å²) in [6.45, 7) is 1.78. The van der Waals surface area contributed by atoms with Crippen molar-refractivity contribution in [3.8, 4) is 11.5 Å². The smallest absolute Gasteiger partial charge is 0.313 e. The molecule has 26 heavy (non-hydrogen) atoms. The number of hydrogen-bond donors (Lipinski definition) is 0. The summed E-state index contributed by atoms with van der Waals surface area (Å²) in [6.07, 6.45) is 0.513. The Bertz CT molecular complexity index is 846. The number of fused-ring (bicyclic) bond motifs is 1. The highest BCUT2D eigenvalue weighted by Gasteiger charge is 2.27. The third kappa shape index (κ3) is 3.99. The van der Waals surface area contributed by atoms with E-state index in [9.17, 15) is 9.59 Å². The highest BCUT2D eigenvalue weighted by molar-refractivity contribution is 6.30. The highest BCUT2D eigenvalue weighted by atomic mass is 35.5. The molecule has 2 aromatic carbocycles. The van der Waals surface area contributed by atoms with Crippen LogP contribution in [0.5, 0.6) is 11.5 Å². The van der Waals surface area contributed by atoms with Gasteiger partial charge in [0.05, 0.1) is 13.0 Å². The van der Waals surface area contributed by atoms with Crippen molar-refractivity contribution in [1.29, 1.82) is 0 Å². The molecular weight excluding hydrogens is 356 g/mol. The van der Waals surface area contributed by atoms with E-state index in [0.29, 0.717) is 28.3 Å². The quantitative estimate of drug-likeness (QED) is 0.587. The predicted molar refractivity (Wildman–Crippen MR) is 96.9 cm³/mol. The van der Waals surface area contributed by atoms with Gasteiger partial charge in [-0.05, 0) is 55.3 Å². The van der Waals surface area contributed by atoms with Crippen LogP contribution in [0.2, 0.25) is 5.02 Å². The fourth-order valence-corrected chi connectivity index (χ4v) is 3.09. The Morgan fingerprint density at radius 3 is 2.77 bits per heavy atom. The first-order valence-electron chi connectivity index (χ1n) is 8.23. The Morgan fingerprint density at radius 2 is 2.04 bits per heavy atom. The lowest BCUT2D eigenvalue weighted by Gasteiger charge is -2.24. The molecule has 0 bridgehead atoms. The molecule has 0 aliphatic carbocycles. The van der Waals surface area contributed by atoms with E-state index >= 15 is 0 Å². The van der Waals surface area contributed by atoms with Crippen molar-refractivity contribution in [2.75, 3.05) is 13.7 Å². The minimum atomic E-state index is -0.400. The number of esters is 1. The molecule has 0 amide bonds. The van der Waals surface area contributed by atoms with E-state index in [1.807, 2.05) is 0 Å². The summed E-state index contributed by atoms with van der Waals surface area (Å²) in [6, 6.07) is 10.4. The number of ether oxygens (including phenoxy) is 3. The Hall–Kier alpha value is -2.53. The number of benzene rings is 2. The van der Waals surface area contributed by atoms with E-state index in [4.69, 9.17) is 25.8 Å². The van der Waals surface area contributed by atoms with Crippen molar-refractivity contribution in [3.63, 3.8) is 0 Å². The summed E-state index contributed by atoms with van der Waals surface area (Å²) in [7, 11) is 1.53. The first kappa shape index (κ1) is 18.3. The van der Waals surface area contributed by atoms with Crippen LogP contribution >= 0.6 is 11.6 Å². The molecule has 0 saturated heterocycles. The van der Waals surface area contributed by atoms with Crippen molar-refractivity contribution in [2.45, 2.75) is 20.0 Å². The number of carbonyl (C=O) groups excluding carboxylic acids is 2. The van der Waals surface area contributed by atoms with E-state index in [1.54, 1.807) is 36.4 Å². The Morgan fingerprint density at radius 1 is 1.23 bits per heavy atom. The number of hydrogen-bond acceptors (Lipinski definition) is 5. The zero-order valence-corrected chi connectivity index (χ0v) is 15.3. The largest absolute Gasteiger partial charge is 0.496 e. The van der Waals surface area contributed by atoms with Gasteiger partial charge in [-0.2, -0.15) is 0 Å². The molecule has 0 saturated carbocycles. The number of ketones is 1. The Balaban J connectivity index is 1.68. The van der Waals surface area contributed by atoms with Crippen LogP contribution < -0.4 is 9.47 Å². The average Bonchev–Trinajstić information content (AvgIpc) is 2.65. The average molecular weight is 375 g/mol. The second-order valence-corrected chi connectivity index (χ2v) is 6.59. The predicted octanol–water partition coefficient (Wildman–Crippen LogP) is 3.85. The molecular formula is C20H19ClO5. The van der Waals surface area contributed by atoms with Crippen molar-refractivity contribution in [3.05, 3.63) is 58.1 Å². The molecule has 3 rings (SSSR count). The number of rotatable bonds is 5. The molecule has 0 spiro atoms. The maximum absolute atomic E-state index is 12.4. The standard InChI is InChI=1S/C20H19ClO5/c1-12(22)13-3-5-18(24-2)15(7-13)10-26-20(23)16-8-14-9-17(21)4-6-19(14)25-11-16/h3-7,9,16H,8,10-11H2,1-2H3/t16-/m0/s1. The number of methoxy groups -OCH3 is 1. The molecule has 0 fully saturated rings. The van der Waals surface area contributed by atoms with Gasteiger partial charge in [0.1, 0.15) is 24.7 Å². The van der Waals surface area contributed by atoms with Crippen LogP contribution in [0.3, 0.4) is 0 Å². The summed E-state index contributed by atoms with van der Waals surface area (Å²) < 4.78 is 16.4. The molecule has 6 heteroatoms. The second kappa shape index (κ2) is 7.79. The fourth-order valence-electron chi connectivity index (χ4n) is 2.89. The van der Waals surface area contributed by atoms with E-state index in [0.717, 1.165) is 11.3 Å². The van der Waals surface area contributed by atoms with Gasteiger partial charge in [-0.3, -0.25) is 9.59 Å². The zero-order valence-electron chi connectivity index (χ0n) is 14.6. The van der Waals surface area contributed by atoms with E-state index in [2.05, 4.69) is 0 Å². The second-order valence-electron chi connectivity index (χ2n) is 6.15. The Kier molecular flexibility index (Phi) is 5.47. The van der Waals surface area contributed by atoms with Gasteiger partial charge >= 0.3 is 5.97 Å². The van der Waals surface area contributed by atoms with Crippen LogP contribution in [0.15, 0.2) is 36.4 Å². The van der Waals surface area contributed by atoms with Gasteiger partial charge < -0.3 is 14.2 Å². The van der Waals surface area contributed by atoms with Crippen molar-refractivity contribution >= 4 is 23.4 Å². The molecule has 0 radical (unpaired) electrons. The molecule has 1 atom stereocenters. The molecule has 1 heterocycles. The molecule has 136 valence electrons. The molecule has 0 unspecified atom stereocenters. The zero-order chi connectivity index (χ0) is 18.7. The molecule has 1 aliphatic heterocycles. The lowest BCUT2D eigenvalue weighted by Crippen LogP contribution is -2.29. The fraction of sp³-hybridized carbons (Fsp3) is 0.300. The van der Waals surface area contributed by atoms with E-state index < -0.39 is 5.92 Å². The maximum atomic E-state index is 12.4. The first-order chi connectivity index (χ1) is 12.5. The first-order valence-corrected chi connectivity index (χ1v) is 8.61. The van der Waals surface area contributed by atoms with Crippen LogP contribution in [0.4, 0.5) is 0 Å².